The molecular weight excluding hydrogens is 232 g/mol. The second-order valence-electron chi connectivity index (χ2n) is 6.33. The van der Waals surface area contributed by atoms with E-state index in [0.29, 0.717) is 12.2 Å². The summed E-state index contributed by atoms with van der Waals surface area (Å²) in [5.41, 5.74) is 0. The quantitative estimate of drug-likeness (QED) is 0.268. The van der Waals surface area contributed by atoms with Gasteiger partial charge in [-0.05, 0) is 12.8 Å². The molecule has 0 N–H and O–H groups in total. The van der Waals surface area contributed by atoms with Crippen LogP contribution in [0.1, 0.15) is 104 Å². The van der Waals surface area contributed by atoms with Crippen LogP contribution in [0, 0.1) is 0 Å². The van der Waals surface area contributed by atoms with Crippen LogP contribution in [0.15, 0.2) is 0 Å². The van der Waals surface area contributed by atoms with Gasteiger partial charge in [-0.25, -0.2) is 0 Å². The maximum Gasteiger partial charge on any atom is 0.0841 e. The Bertz CT molecular complexity index is 190. The summed E-state index contributed by atoms with van der Waals surface area (Å²) in [6, 6.07) is 0. The molecule has 0 amide bonds. The van der Waals surface area contributed by atoms with Gasteiger partial charge in [0.05, 0.1) is 12.2 Å². The van der Waals surface area contributed by atoms with E-state index in [1.165, 1.54) is 89.9 Å². The molecule has 1 rings (SSSR count). The van der Waals surface area contributed by atoms with Crippen LogP contribution in [0.2, 0.25) is 0 Å². The van der Waals surface area contributed by atoms with Gasteiger partial charge < -0.3 is 4.74 Å². The topological polar surface area (TPSA) is 12.5 Å². The summed E-state index contributed by atoms with van der Waals surface area (Å²) in [6.07, 6.45) is 20.8. The van der Waals surface area contributed by atoms with Crippen LogP contribution in [0.4, 0.5) is 0 Å². The number of epoxide rings is 1. The summed E-state index contributed by atoms with van der Waals surface area (Å²) in [5.74, 6) is 0. The van der Waals surface area contributed by atoms with Crippen molar-refractivity contribution < 1.29 is 4.74 Å². The highest BCUT2D eigenvalue weighted by Gasteiger charge is 2.36. The van der Waals surface area contributed by atoms with Gasteiger partial charge in [0, 0.05) is 0 Å². The zero-order valence-electron chi connectivity index (χ0n) is 13.5. The van der Waals surface area contributed by atoms with E-state index in [0.717, 1.165) is 0 Å². The summed E-state index contributed by atoms with van der Waals surface area (Å²) in [4.78, 5) is 0. The van der Waals surface area contributed by atoms with E-state index in [4.69, 9.17) is 4.74 Å². The SMILES string of the molecule is CCCCCCCCCC[C@H]1O[C@@H]1CCCCCC. The minimum Gasteiger partial charge on any atom is -0.370 e. The molecule has 1 nitrogen and oxygen atoms in total. The van der Waals surface area contributed by atoms with Crippen molar-refractivity contribution in [2.75, 3.05) is 0 Å². The molecule has 1 saturated heterocycles. The minimum atomic E-state index is 0.640. The molecule has 0 aromatic heterocycles. The van der Waals surface area contributed by atoms with E-state index in [2.05, 4.69) is 13.8 Å². The highest BCUT2D eigenvalue weighted by Crippen LogP contribution is 2.31. The fourth-order valence-electron chi connectivity index (χ4n) is 2.94. The average molecular weight is 268 g/mol. The number of unbranched alkanes of at least 4 members (excludes halogenated alkanes) is 10. The van der Waals surface area contributed by atoms with Gasteiger partial charge in [0.15, 0.2) is 0 Å². The first kappa shape index (κ1) is 17.0. The van der Waals surface area contributed by atoms with Crippen LogP contribution < -0.4 is 0 Å². The first-order valence-corrected chi connectivity index (χ1v) is 9.04. The first-order valence-electron chi connectivity index (χ1n) is 9.04. The molecule has 2 atom stereocenters. The van der Waals surface area contributed by atoms with Gasteiger partial charge in [-0.3, -0.25) is 0 Å². The number of rotatable bonds is 14. The van der Waals surface area contributed by atoms with Crippen molar-refractivity contribution in [3.63, 3.8) is 0 Å². The van der Waals surface area contributed by atoms with Crippen molar-refractivity contribution in [2.24, 2.45) is 0 Å². The fourth-order valence-corrected chi connectivity index (χ4v) is 2.94. The normalized spacial score (nSPS) is 21.8. The van der Waals surface area contributed by atoms with E-state index in [9.17, 15) is 0 Å². The molecule has 0 aromatic carbocycles. The van der Waals surface area contributed by atoms with E-state index < -0.39 is 0 Å². The predicted octanol–water partition coefficient (Wildman–Crippen LogP) is 6.26. The molecule has 114 valence electrons. The van der Waals surface area contributed by atoms with Gasteiger partial charge in [-0.2, -0.15) is 0 Å². The standard InChI is InChI=1S/C18H36O/c1-3-5-7-9-10-11-12-14-16-18-17(19-18)15-13-8-6-4-2/h17-18H,3-16H2,1-2H3/t17-,18-/m1/s1. The molecule has 0 spiro atoms. The lowest BCUT2D eigenvalue weighted by molar-refractivity contribution is 0.348. The summed E-state index contributed by atoms with van der Waals surface area (Å²) >= 11 is 0. The molecule has 0 bridgehead atoms. The second-order valence-corrected chi connectivity index (χ2v) is 6.33. The third-order valence-electron chi connectivity index (χ3n) is 4.37. The number of hydrogen-bond donors (Lipinski definition) is 0. The second kappa shape index (κ2) is 11.8. The molecule has 0 saturated carbocycles. The molecule has 0 aromatic rings. The summed E-state index contributed by atoms with van der Waals surface area (Å²) < 4.78 is 5.76. The lowest BCUT2D eigenvalue weighted by Crippen LogP contribution is -1.94. The fraction of sp³-hybridized carbons (Fsp3) is 1.00. The number of hydrogen-bond acceptors (Lipinski definition) is 1. The Labute approximate surface area is 121 Å². The summed E-state index contributed by atoms with van der Waals surface area (Å²) in [6.45, 7) is 4.56. The highest BCUT2D eigenvalue weighted by atomic mass is 16.6. The summed E-state index contributed by atoms with van der Waals surface area (Å²) in [5, 5.41) is 0. The van der Waals surface area contributed by atoms with Crippen LogP contribution in [-0.4, -0.2) is 12.2 Å². The summed E-state index contributed by atoms with van der Waals surface area (Å²) in [7, 11) is 0. The lowest BCUT2D eigenvalue weighted by atomic mass is 10.0. The minimum absolute atomic E-state index is 0.640. The molecule has 1 fully saturated rings. The van der Waals surface area contributed by atoms with E-state index in [1.807, 2.05) is 0 Å². The van der Waals surface area contributed by atoms with Crippen molar-refractivity contribution in [3.8, 4) is 0 Å². The molecule has 1 aliphatic rings. The maximum absolute atomic E-state index is 5.76. The van der Waals surface area contributed by atoms with Crippen LogP contribution in [0.5, 0.6) is 0 Å². The Morgan fingerprint density at radius 3 is 1.37 bits per heavy atom. The smallest absolute Gasteiger partial charge is 0.0841 e. The van der Waals surface area contributed by atoms with Crippen LogP contribution in [0.25, 0.3) is 0 Å². The maximum atomic E-state index is 5.76. The van der Waals surface area contributed by atoms with Gasteiger partial charge in [0.2, 0.25) is 0 Å². The first-order chi connectivity index (χ1) is 9.38. The van der Waals surface area contributed by atoms with Gasteiger partial charge in [-0.15, -0.1) is 0 Å². The lowest BCUT2D eigenvalue weighted by Gasteiger charge is -2.00. The van der Waals surface area contributed by atoms with Gasteiger partial charge in [0.25, 0.3) is 0 Å². The Kier molecular flexibility index (Phi) is 10.5. The third kappa shape index (κ3) is 9.49. The Hall–Kier alpha value is -0.0400. The third-order valence-corrected chi connectivity index (χ3v) is 4.37. The van der Waals surface area contributed by atoms with Gasteiger partial charge in [-0.1, -0.05) is 90.9 Å². The molecular formula is C18H36O. The highest BCUT2D eigenvalue weighted by molar-refractivity contribution is 4.84. The average Bonchev–Trinajstić information content (AvgIpc) is 3.16. The van der Waals surface area contributed by atoms with Gasteiger partial charge in [0.1, 0.15) is 0 Å². The molecule has 0 aliphatic carbocycles. The van der Waals surface area contributed by atoms with E-state index in [-0.39, 0.29) is 0 Å². The Balaban J connectivity index is 1.74. The molecule has 0 unspecified atom stereocenters. The van der Waals surface area contributed by atoms with Crippen LogP contribution in [0.3, 0.4) is 0 Å². The van der Waals surface area contributed by atoms with Gasteiger partial charge >= 0.3 is 0 Å². The molecule has 19 heavy (non-hydrogen) atoms. The van der Waals surface area contributed by atoms with E-state index in [1.54, 1.807) is 0 Å². The molecule has 1 heterocycles. The molecule has 1 heteroatoms. The van der Waals surface area contributed by atoms with Crippen molar-refractivity contribution in [1.29, 1.82) is 0 Å². The molecule has 1 aliphatic heterocycles. The van der Waals surface area contributed by atoms with Crippen molar-refractivity contribution in [3.05, 3.63) is 0 Å². The molecule has 0 radical (unpaired) electrons. The van der Waals surface area contributed by atoms with Crippen LogP contribution in [-0.2, 0) is 4.74 Å². The monoisotopic (exact) mass is 268 g/mol. The van der Waals surface area contributed by atoms with Crippen LogP contribution >= 0.6 is 0 Å². The zero-order valence-corrected chi connectivity index (χ0v) is 13.5. The van der Waals surface area contributed by atoms with Crippen molar-refractivity contribution >= 4 is 0 Å². The van der Waals surface area contributed by atoms with E-state index >= 15 is 0 Å². The largest absolute Gasteiger partial charge is 0.370 e. The number of ether oxygens (including phenoxy) is 1. The Morgan fingerprint density at radius 1 is 0.526 bits per heavy atom. The Morgan fingerprint density at radius 2 is 0.895 bits per heavy atom. The van der Waals surface area contributed by atoms with Crippen molar-refractivity contribution in [2.45, 2.75) is 116 Å². The predicted molar refractivity (Wildman–Crippen MR) is 84.6 cm³/mol. The van der Waals surface area contributed by atoms with Crippen molar-refractivity contribution in [1.82, 2.24) is 0 Å². The zero-order chi connectivity index (χ0) is 13.8.